The average Bonchev–Trinajstić information content (AvgIpc) is 3.09. The topological polar surface area (TPSA) is 59.1 Å². The number of benzene rings is 1. The maximum atomic E-state index is 12.5. The number of thioether (sulfide) groups is 1. The largest absolute Gasteiger partial charge is 0.497 e. The van der Waals surface area contributed by atoms with Gasteiger partial charge in [0, 0.05) is 24.7 Å². The minimum absolute atomic E-state index is 0.0410. The summed E-state index contributed by atoms with van der Waals surface area (Å²) >= 11 is 1.45. The molecule has 0 aromatic heterocycles. The molecule has 2 rings (SSSR count). The van der Waals surface area contributed by atoms with E-state index < -0.39 is 0 Å². The molecule has 1 fully saturated rings. The molecule has 7 heteroatoms. The standard InChI is InChI=1S/C17H22N2O4S/c1-22-14-6-7-15(23-2)13(11-14)5-8-16(20)18-9-4-10-19(18)17(21)12-24-3/h5-8,11H,4,9-10,12H2,1-3H3. The van der Waals surface area contributed by atoms with Crippen molar-refractivity contribution in [2.24, 2.45) is 0 Å². The van der Waals surface area contributed by atoms with Gasteiger partial charge in [-0.2, -0.15) is 11.8 Å². The van der Waals surface area contributed by atoms with Crippen LogP contribution in [-0.4, -0.2) is 61.1 Å². The quantitative estimate of drug-likeness (QED) is 0.735. The second-order valence-electron chi connectivity index (χ2n) is 5.21. The van der Waals surface area contributed by atoms with E-state index in [0.717, 1.165) is 12.0 Å². The Balaban J connectivity index is 2.13. The molecule has 0 atom stereocenters. The molecule has 0 bridgehead atoms. The molecule has 1 aromatic carbocycles. The molecule has 0 saturated carbocycles. The molecular formula is C17H22N2O4S. The Morgan fingerprint density at radius 1 is 1.21 bits per heavy atom. The third kappa shape index (κ3) is 4.23. The predicted molar refractivity (Wildman–Crippen MR) is 95.0 cm³/mol. The number of methoxy groups -OCH3 is 2. The van der Waals surface area contributed by atoms with Gasteiger partial charge in [0.2, 0.25) is 0 Å². The fourth-order valence-electron chi connectivity index (χ4n) is 2.51. The second kappa shape index (κ2) is 8.63. The van der Waals surface area contributed by atoms with Crippen LogP contribution in [0.5, 0.6) is 11.5 Å². The van der Waals surface area contributed by atoms with Crippen LogP contribution in [-0.2, 0) is 9.59 Å². The summed E-state index contributed by atoms with van der Waals surface area (Å²) in [6.07, 6.45) is 5.80. The fraction of sp³-hybridized carbons (Fsp3) is 0.412. The third-order valence-electron chi connectivity index (χ3n) is 3.68. The second-order valence-corrected chi connectivity index (χ2v) is 6.07. The van der Waals surface area contributed by atoms with Crippen LogP contribution in [0.15, 0.2) is 24.3 Å². The van der Waals surface area contributed by atoms with Gasteiger partial charge in [0.1, 0.15) is 11.5 Å². The van der Waals surface area contributed by atoms with E-state index in [9.17, 15) is 9.59 Å². The Morgan fingerprint density at radius 3 is 2.62 bits per heavy atom. The van der Waals surface area contributed by atoms with Crippen molar-refractivity contribution in [1.29, 1.82) is 0 Å². The lowest BCUT2D eigenvalue weighted by Crippen LogP contribution is -2.44. The van der Waals surface area contributed by atoms with E-state index in [0.29, 0.717) is 30.3 Å². The number of hydrazine groups is 1. The molecule has 1 aliphatic heterocycles. The Morgan fingerprint density at radius 2 is 1.96 bits per heavy atom. The number of carbonyl (C=O) groups is 2. The van der Waals surface area contributed by atoms with E-state index in [-0.39, 0.29) is 11.8 Å². The van der Waals surface area contributed by atoms with E-state index in [1.807, 2.05) is 6.26 Å². The summed E-state index contributed by atoms with van der Waals surface area (Å²) < 4.78 is 10.5. The van der Waals surface area contributed by atoms with Gasteiger partial charge in [0.05, 0.1) is 20.0 Å². The zero-order valence-corrected chi connectivity index (χ0v) is 15.0. The Labute approximate surface area is 146 Å². The summed E-state index contributed by atoms with van der Waals surface area (Å²) in [5, 5.41) is 3.04. The van der Waals surface area contributed by atoms with Crippen molar-refractivity contribution < 1.29 is 19.1 Å². The number of amides is 2. The van der Waals surface area contributed by atoms with E-state index in [4.69, 9.17) is 9.47 Å². The molecule has 0 aliphatic carbocycles. The lowest BCUT2D eigenvalue weighted by molar-refractivity contribution is -0.152. The number of hydrogen-bond acceptors (Lipinski definition) is 5. The molecule has 130 valence electrons. The van der Waals surface area contributed by atoms with Gasteiger partial charge in [-0.25, -0.2) is 5.01 Å². The zero-order chi connectivity index (χ0) is 17.5. The maximum Gasteiger partial charge on any atom is 0.265 e. The van der Waals surface area contributed by atoms with Crippen LogP contribution < -0.4 is 9.47 Å². The van der Waals surface area contributed by atoms with E-state index in [1.54, 1.807) is 38.5 Å². The molecule has 1 saturated heterocycles. The van der Waals surface area contributed by atoms with Crippen LogP contribution in [0.4, 0.5) is 0 Å². The van der Waals surface area contributed by atoms with Crippen molar-refractivity contribution >= 4 is 29.7 Å². The Bertz CT molecular complexity index is 633. The lowest BCUT2D eigenvalue weighted by atomic mass is 10.1. The SMILES string of the molecule is COc1ccc(OC)c(C=CC(=O)N2CCCN2C(=O)CSC)c1. The van der Waals surface area contributed by atoms with Crippen molar-refractivity contribution in [3.05, 3.63) is 29.8 Å². The van der Waals surface area contributed by atoms with E-state index >= 15 is 0 Å². The van der Waals surface area contributed by atoms with Crippen molar-refractivity contribution in [3.63, 3.8) is 0 Å². The Kier molecular flexibility index (Phi) is 6.54. The molecule has 0 spiro atoms. The maximum absolute atomic E-state index is 12.5. The molecule has 0 radical (unpaired) electrons. The molecule has 1 aromatic rings. The smallest absolute Gasteiger partial charge is 0.265 e. The molecule has 1 aliphatic rings. The normalized spacial score (nSPS) is 14.3. The highest BCUT2D eigenvalue weighted by Crippen LogP contribution is 2.25. The first-order chi connectivity index (χ1) is 11.6. The highest BCUT2D eigenvalue weighted by Gasteiger charge is 2.28. The first kappa shape index (κ1) is 18.2. The molecular weight excluding hydrogens is 328 g/mol. The summed E-state index contributed by atoms with van der Waals surface area (Å²) in [6, 6.07) is 5.37. The first-order valence-electron chi connectivity index (χ1n) is 7.61. The van der Waals surface area contributed by atoms with Gasteiger partial charge in [-0.3, -0.25) is 14.6 Å². The number of ether oxygens (including phenoxy) is 2. The fourth-order valence-corrected chi connectivity index (χ4v) is 2.91. The highest BCUT2D eigenvalue weighted by atomic mass is 32.2. The van der Waals surface area contributed by atoms with E-state index in [1.165, 1.54) is 27.9 Å². The zero-order valence-electron chi connectivity index (χ0n) is 14.2. The van der Waals surface area contributed by atoms with Gasteiger partial charge in [-0.05, 0) is 37.0 Å². The highest BCUT2D eigenvalue weighted by molar-refractivity contribution is 7.99. The summed E-state index contributed by atoms with van der Waals surface area (Å²) in [4.78, 5) is 24.5. The van der Waals surface area contributed by atoms with Crippen molar-refractivity contribution in [3.8, 4) is 11.5 Å². The number of nitrogens with zero attached hydrogens (tertiary/aromatic N) is 2. The van der Waals surface area contributed by atoms with Crippen molar-refractivity contribution in [2.45, 2.75) is 6.42 Å². The summed E-state index contributed by atoms with van der Waals surface area (Å²) in [5.41, 5.74) is 0.742. The van der Waals surface area contributed by atoms with E-state index in [2.05, 4.69) is 0 Å². The Hall–Kier alpha value is -2.15. The molecule has 1 heterocycles. The minimum atomic E-state index is -0.216. The molecule has 2 amide bonds. The minimum Gasteiger partial charge on any atom is -0.497 e. The van der Waals surface area contributed by atoms with Gasteiger partial charge >= 0.3 is 0 Å². The van der Waals surface area contributed by atoms with Crippen LogP contribution in [0.2, 0.25) is 0 Å². The van der Waals surface area contributed by atoms with Gasteiger partial charge in [-0.1, -0.05) is 0 Å². The van der Waals surface area contributed by atoms with Gasteiger partial charge in [0.15, 0.2) is 0 Å². The van der Waals surface area contributed by atoms with Gasteiger partial charge in [-0.15, -0.1) is 0 Å². The predicted octanol–water partition coefficient (Wildman–Crippen LogP) is 2.06. The molecule has 0 unspecified atom stereocenters. The van der Waals surface area contributed by atoms with Crippen LogP contribution in [0, 0.1) is 0 Å². The number of rotatable bonds is 6. The van der Waals surface area contributed by atoms with Crippen LogP contribution in [0.1, 0.15) is 12.0 Å². The summed E-state index contributed by atoms with van der Waals surface area (Å²) in [7, 11) is 3.16. The number of carbonyl (C=O) groups excluding carboxylic acids is 2. The lowest BCUT2D eigenvalue weighted by Gasteiger charge is -2.26. The third-order valence-corrected chi connectivity index (χ3v) is 4.22. The molecule has 24 heavy (non-hydrogen) atoms. The van der Waals surface area contributed by atoms with Crippen molar-refractivity contribution in [1.82, 2.24) is 10.0 Å². The first-order valence-corrected chi connectivity index (χ1v) is 9.01. The van der Waals surface area contributed by atoms with Gasteiger partial charge in [0.25, 0.3) is 11.8 Å². The number of hydrogen-bond donors (Lipinski definition) is 0. The van der Waals surface area contributed by atoms with Crippen molar-refractivity contribution in [2.75, 3.05) is 39.3 Å². The van der Waals surface area contributed by atoms with Gasteiger partial charge < -0.3 is 9.47 Å². The summed E-state index contributed by atoms with van der Waals surface area (Å²) in [5.74, 6) is 1.45. The van der Waals surface area contributed by atoms with Crippen LogP contribution in [0.3, 0.4) is 0 Å². The molecule has 6 nitrogen and oxygen atoms in total. The molecule has 0 N–H and O–H groups in total. The van der Waals surface area contributed by atoms with Crippen LogP contribution in [0.25, 0.3) is 6.08 Å². The van der Waals surface area contributed by atoms with Crippen LogP contribution >= 0.6 is 11.8 Å². The summed E-state index contributed by atoms with van der Waals surface area (Å²) in [6.45, 7) is 1.14. The average molecular weight is 350 g/mol. The monoisotopic (exact) mass is 350 g/mol.